The number of carbonyl (C=O) groups excluding carboxylic acids is 1. The first-order chi connectivity index (χ1) is 7.66. The molecule has 0 aromatic heterocycles. The van der Waals surface area contributed by atoms with E-state index in [4.69, 9.17) is 0 Å². The molecule has 0 radical (unpaired) electrons. The van der Waals surface area contributed by atoms with Crippen LogP contribution in [0.15, 0.2) is 0 Å². The van der Waals surface area contributed by atoms with Gasteiger partial charge in [-0.3, -0.25) is 4.79 Å². The minimum absolute atomic E-state index is 0.380. The van der Waals surface area contributed by atoms with Gasteiger partial charge in [0.2, 0.25) is 5.91 Å². The minimum Gasteiger partial charge on any atom is -0.342 e. The van der Waals surface area contributed by atoms with E-state index >= 15 is 0 Å². The van der Waals surface area contributed by atoms with Crippen LogP contribution in [0.1, 0.15) is 33.1 Å². The van der Waals surface area contributed by atoms with E-state index in [0.29, 0.717) is 23.7 Å². The predicted molar refractivity (Wildman–Crippen MR) is 65.1 cm³/mol. The molecule has 16 heavy (non-hydrogen) atoms. The molecule has 0 bridgehead atoms. The lowest BCUT2D eigenvalue weighted by Crippen LogP contribution is -2.35. The molecule has 2 saturated heterocycles. The van der Waals surface area contributed by atoms with Gasteiger partial charge in [0.05, 0.1) is 0 Å². The van der Waals surface area contributed by atoms with Crippen molar-refractivity contribution in [3.63, 3.8) is 0 Å². The Morgan fingerprint density at radius 1 is 1.31 bits per heavy atom. The molecule has 0 aliphatic carbocycles. The van der Waals surface area contributed by atoms with Crippen LogP contribution in [-0.2, 0) is 4.79 Å². The van der Waals surface area contributed by atoms with Crippen LogP contribution < -0.4 is 5.32 Å². The van der Waals surface area contributed by atoms with Crippen molar-refractivity contribution >= 4 is 5.91 Å². The van der Waals surface area contributed by atoms with Gasteiger partial charge in [-0.25, -0.2) is 0 Å². The van der Waals surface area contributed by atoms with Gasteiger partial charge < -0.3 is 10.2 Å². The minimum atomic E-state index is 0.380. The highest BCUT2D eigenvalue weighted by molar-refractivity contribution is 5.76. The summed E-state index contributed by atoms with van der Waals surface area (Å²) in [6.45, 7) is 8.60. The molecule has 0 aromatic carbocycles. The summed E-state index contributed by atoms with van der Waals surface area (Å²) >= 11 is 0. The van der Waals surface area contributed by atoms with Crippen molar-refractivity contribution in [3.05, 3.63) is 0 Å². The maximum absolute atomic E-state index is 12.1. The molecule has 3 atom stereocenters. The zero-order valence-electron chi connectivity index (χ0n) is 10.5. The molecule has 1 amide bonds. The third-order valence-corrected chi connectivity index (χ3v) is 4.20. The molecule has 0 saturated carbocycles. The second kappa shape index (κ2) is 5.17. The highest BCUT2D eigenvalue weighted by Crippen LogP contribution is 2.24. The van der Waals surface area contributed by atoms with E-state index in [1.54, 1.807) is 0 Å². The topological polar surface area (TPSA) is 32.3 Å². The molecule has 92 valence electrons. The van der Waals surface area contributed by atoms with E-state index in [-0.39, 0.29) is 0 Å². The monoisotopic (exact) mass is 224 g/mol. The number of hydrogen-bond acceptors (Lipinski definition) is 2. The van der Waals surface area contributed by atoms with E-state index in [0.717, 1.165) is 32.6 Å². The van der Waals surface area contributed by atoms with Crippen LogP contribution in [0.3, 0.4) is 0 Å². The van der Waals surface area contributed by atoms with Crippen LogP contribution in [-0.4, -0.2) is 37.0 Å². The van der Waals surface area contributed by atoms with E-state index in [1.165, 1.54) is 12.8 Å². The standard InChI is InChI=1S/C13H24N2O/c1-10-8-15(9-11(10)2)13(16)6-12-4-3-5-14-7-12/h10-12,14H,3-9H2,1-2H3. The Balaban J connectivity index is 1.79. The fourth-order valence-corrected chi connectivity index (χ4v) is 2.81. The van der Waals surface area contributed by atoms with Crippen LogP contribution >= 0.6 is 0 Å². The number of amides is 1. The Kier molecular flexibility index (Phi) is 3.85. The number of likely N-dealkylation sites (tertiary alicyclic amines) is 1. The van der Waals surface area contributed by atoms with Gasteiger partial charge in [-0.2, -0.15) is 0 Å². The van der Waals surface area contributed by atoms with Crippen molar-refractivity contribution in [2.24, 2.45) is 17.8 Å². The average molecular weight is 224 g/mol. The Morgan fingerprint density at radius 2 is 2.00 bits per heavy atom. The molecular formula is C13H24N2O. The van der Waals surface area contributed by atoms with E-state index in [2.05, 4.69) is 24.1 Å². The molecule has 0 aromatic rings. The third kappa shape index (κ3) is 2.76. The number of piperidine rings is 1. The molecular weight excluding hydrogens is 200 g/mol. The van der Waals surface area contributed by atoms with Crippen molar-refractivity contribution < 1.29 is 4.79 Å². The second-order valence-corrected chi connectivity index (χ2v) is 5.67. The van der Waals surface area contributed by atoms with Crippen LogP contribution in [0.2, 0.25) is 0 Å². The Hall–Kier alpha value is -0.570. The smallest absolute Gasteiger partial charge is 0.222 e. The van der Waals surface area contributed by atoms with Crippen LogP contribution in [0.4, 0.5) is 0 Å². The lowest BCUT2D eigenvalue weighted by molar-refractivity contribution is -0.131. The van der Waals surface area contributed by atoms with Crippen molar-refractivity contribution in [2.45, 2.75) is 33.1 Å². The summed E-state index contributed by atoms with van der Waals surface area (Å²) in [7, 11) is 0. The molecule has 3 unspecified atom stereocenters. The van der Waals surface area contributed by atoms with Crippen LogP contribution in [0.5, 0.6) is 0 Å². The van der Waals surface area contributed by atoms with E-state index < -0.39 is 0 Å². The molecule has 2 aliphatic heterocycles. The van der Waals surface area contributed by atoms with Gasteiger partial charge in [-0.1, -0.05) is 13.8 Å². The van der Waals surface area contributed by atoms with Gasteiger partial charge in [0.25, 0.3) is 0 Å². The SMILES string of the molecule is CC1CN(C(=O)CC2CCCNC2)CC1C. The first kappa shape index (κ1) is 11.9. The van der Waals surface area contributed by atoms with Gasteiger partial charge in [0, 0.05) is 19.5 Å². The average Bonchev–Trinajstić information content (AvgIpc) is 2.61. The first-order valence-electron chi connectivity index (χ1n) is 6.65. The molecule has 3 nitrogen and oxygen atoms in total. The quantitative estimate of drug-likeness (QED) is 0.771. The molecule has 0 spiro atoms. The number of rotatable bonds is 2. The van der Waals surface area contributed by atoms with Gasteiger partial charge in [0.15, 0.2) is 0 Å². The Morgan fingerprint density at radius 3 is 2.56 bits per heavy atom. The normalized spacial score (nSPS) is 35.4. The highest BCUT2D eigenvalue weighted by Gasteiger charge is 2.30. The summed E-state index contributed by atoms with van der Waals surface area (Å²) in [5.41, 5.74) is 0. The second-order valence-electron chi connectivity index (χ2n) is 5.67. The third-order valence-electron chi connectivity index (χ3n) is 4.20. The summed E-state index contributed by atoms with van der Waals surface area (Å²) in [6.07, 6.45) is 3.20. The maximum atomic E-state index is 12.1. The highest BCUT2D eigenvalue weighted by atomic mass is 16.2. The predicted octanol–water partition coefficient (Wildman–Crippen LogP) is 1.49. The largest absolute Gasteiger partial charge is 0.342 e. The maximum Gasteiger partial charge on any atom is 0.222 e. The van der Waals surface area contributed by atoms with Gasteiger partial charge in [-0.05, 0) is 43.7 Å². The zero-order valence-corrected chi connectivity index (χ0v) is 10.5. The lowest BCUT2D eigenvalue weighted by atomic mass is 9.96. The summed E-state index contributed by atoms with van der Waals surface area (Å²) in [5.74, 6) is 2.30. The summed E-state index contributed by atoms with van der Waals surface area (Å²) in [6, 6.07) is 0. The Bertz CT molecular complexity index is 238. The van der Waals surface area contributed by atoms with Gasteiger partial charge in [-0.15, -0.1) is 0 Å². The molecule has 2 fully saturated rings. The Labute approximate surface area is 98.6 Å². The summed E-state index contributed by atoms with van der Waals surface area (Å²) in [5, 5.41) is 3.38. The van der Waals surface area contributed by atoms with Crippen molar-refractivity contribution in [2.75, 3.05) is 26.2 Å². The van der Waals surface area contributed by atoms with Crippen molar-refractivity contribution in [1.29, 1.82) is 0 Å². The van der Waals surface area contributed by atoms with E-state index in [9.17, 15) is 4.79 Å². The van der Waals surface area contributed by atoms with Gasteiger partial charge in [0.1, 0.15) is 0 Å². The fraction of sp³-hybridized carbons (Fsp3) is 0.923. The fourth-order valence-electron chi connectivity index (χ4n) is 2.81. The summed E-state index contributed by atoms with van der Waals surface area (Å²) in [4.78, 5) is 14.2. The van der Waals surface area contributed by atoms with E-state index in [1.807, 2.05) is 0 Å². The van der Waals surface area contributed by atoms with Crippen LogP contribution in [0, 0.1) is 17.8 Å². The number of nitrogens with zero attached hydrogens (tertiary/aromatic N) is 1. The van der Waals surface area contributed by atoms with Crippen LogP contribution in [0.25, 0.3) is 0 Å². The number of carbonyl (C=O) groups is 1. The van der Waals surface area contributed by atoms with Gasteiger partial charge >= 0.3 is 0 Å². The van der Waals surface area contributed by atoms with Crippen molar-refractivity contribution in [1.82, 2.24) is 10.2 Å². The zero-order chi connectivity index (χ0) is 11.5. The molecule has 2 aliphatic rings. The molecule has 1 N–H and O–H groups in total. The number of nitrogens with one attached hydrogen (secondary N) is 1. The molecule has 2 rings (SSSR count). The molecule has 2 heterocycles. The number of hydrogen-bond donors (Lipinski definition) is 1. The molecule has 3 heteroatoms. The summed E-state index contributed by atoms with van der Waals surface area (Å²) < 4.78 is 0. The lowest BCUT2D eigenvalue weighted by Gasteiger charge is -2.24. The van der Waals surface area contributed by atoms with Crippen molar-refractivity contribution in [3.8, 4) is 0 Å². The first-order valence-corrected chi connectivity index (χ1v) is 6.65.